The second kappa shape index (κ2) is 4.79. The number of aryl methyl sites for hydroxylation is 2. The summed E-state index contributed by atoms with van der Waals surface area (Å²) in [6.45, 7) is 3.80. The maximum Gasteiger partial charge on any atom is 0.274 e. The van der Waals surface area contributed by atoms with Crippen LogP contribution >= 0.6 is 0 Å². The Morgan fingerprint density at radius 1 is 1.27 bits per heavy atom. The Labute approximate surface area is 88.5 Å². The number of rotatable bonds is 3. The number of phenolic OH excluding ortho intramolecular Hbond substituents is 1. The van der Waals surface area contributed by atoms with Crippen molar-refractivity contribution >= 4 is 5.91 Å². The summed E-state index contributed by atoms with van der Waals surface area (Å²) >= 11 is 0. The largest absolute Gasteiger partial charge is 0.507 e. The molecule has 1 aromatic carbocycles. The predicted molar refractivity (Wildman–Crippen MR) is 56.1 cm³/mol. The Kier molecular flexibility index (Phi) is 3.68. The molecule has 0 saturated heterocycles. The van der Waals surface area contributed by atoms with Crippen LogP contribution in [0, 0.1) is 0 Å². The van der Waals surface area contributed by atoms with Crippen LogP contribution < -0.4 is 5.48 Å². The number of carbonyl (C=O) groups is 1. The van der Waals surface area contributed by atoms with E-state index in [9.17, 15) is 9.90 Å². The maximum absolute atomic E-state index is 11.2. The molecule has 0 unspecified atom stereocenters. The SMILES string of the molecule is CCc1cc(C(=O)NO)cc(CC)c1O. The summed E-state index contributed by atoms with van der Waals surface area (Å²) < 4.78 is 0. The average Bonchev–Trinajstić information content (AvgIpc) is 2.28. The van der Waals surface area contributed by atoms with Gasteiger partial charge in [-0.1, -0.05) is 13.8 Å². The highest BCUT2D eigenvalue weighted by molar-refractivity contribution is 5.94. The van der Waals surface area contributed by atoms with Crippen LogP contribution in [0.3, 0.4) is 0 Å². The second-order valence-corrected chi connectivity index (χ2v) is 3.29. The first kappa shape index (κ1) is 11.5. The van der Waals surface area contributed by atoms with Crippen LogP contribution in [0.25, 0.3) is 0 Å². The molecule has 15 heavy (non-hydrogen) atoms. The van der Waals surface area contributed by atoms with Crippen molar-refractivity contribution in [3.8, 4) is 5.75 Å². The molecule has 0 aliphatic heterocycles. The van der Waals surface area contributed by atoms with E-state index < -0.39 is 5.91 Å². The zero-order chi connectivity index (χ0) is 11.4. The average molecular weight is 209 g/mol. The van der Waals surface area contributed by atoms with Crippen LogP contribution in [0.5, 0.6) is 5.75 Å². The summed E-state index contributed by atoms with van der Waals surface area (Å²) in [7, 11) is 0. The molecule has 4 heteroatoms. The summed E-state index contributed by atoms with van der Waals surface area (Å²) in [5.41, 5.74) is 3.38. The first-order chi connectivity index (χ1) is 7.13. The standard InChI is InChI=1S/C11H15NO3/c1-3-7-5-9(11(14)12-15)6-8(4-2)10(7)13/h5-6,13,15H,3-4H2,1-2H3,(H,12,14). The highest BCUT2D eigenvalue weighted by atomic mass is 16.5. The molecule has 1 rings (SSSR count). The molecule has 0 aliphatic rings. The van der Waals surface area contributed by atoms with Crippen molar-refractivity contribution in [3.63, 3.8) is 0 Å². The summed E-state index contributed by atoms with van der Waals surface area (Å²) in [6.07, 6.45) is 1.29. The quantitative estimate of drug-likeness (QED) is 0.523. The minimum atomic E-state index is -0.556. The molecule has 0 aliphatic carbocycles. The van der Waals surface area contributed by atoms with E-state index in [-0.39, 0.29) is 5.75 Å². The van der Waals surface area contributed by atoms with Gasteiger partial charge in [-0.2, -0.15) is 0 Å². The Morgan fingerprint density at radius 2 is 1.73 bits per heavy atom. The van der Waals surface area contributed by atoms with Gasteiger partial charge in [-0.15, -0.1) is 0 Å². The predicted octanol–water partition coefficient (Wildman–Crippen LogP) is 1.64. The first-order valence-electron chi connectivity index (χ1n) is 4.93. The van der Waals surface area contributed by atoms with Gasteiger partial charge in [-0.25, -0.2) is 5.48 Å². The molecule has 0 heterocycles. The van der Waals surface area contributed by atoms with Crippen LogP contribution in [0.1, 0.15) is 35.3 Å². The fourth-order valence-electron chi connectivity index (χ4n) is 1.49. The van der Waals surface area contributed by atoms with Crippen molar-refractivity contribution in [1.29, 1.82) is 0 Å². The zero-order valence-corrected chi connectivity index (χ0v) is 8.87. The number of hydrogen-bond acceptors (Lipinski definition) is 3. The Morgan fingerprint density at radius 3 is 2.07 bits per heavy atom. The van der Waals surface area contributed by atoms with Crippen molar-refractivity contribution in [3.05, 3.63) is 28.8 Å². The number of aromatic hydroxyl groups is 1. The maximum atomic E-state index is 11.2. The lowest BCUT2D eigenvalue weighted by Gasteiger charge is -2.09. The molecule has 0 saturated carbocycles. The van der Waals surface area contributed by atoms with Crippen molar-refractivity contribution < 1.29 is 15.1 Å². The minimum Gasteiger partial charge on any atom is -0.507 e. The summed E-state index contributed by atoms with van der Waals surface area (Å²) in [6, 6.07) is 3.17. The molecular formula is C11H15NO3. The van der Waals surface area contributed by atoms with E-state index >= 15 is 0 Å². The highest BCUT2D eigenvalue weighted by Crippen LogP contribution is 2.25. The van der Waals surface area contributed by atoms with Gasteiger partial charge in [-0.3, -0.25) is 10.0 Å². The summed E-state index contributed by atoms with van der Waals surface area (Å²) in [5, 5.41) is 18.3. The lowest BCUT2D eigenvalue weighted by molar-refractivity contribution is 0.0706. The van der Waals surface area contributed by atoms with E-state index in [1.165, 1.54) is 0 Å². The summed E-state index contributed by atoms with van der Waals surface area (Å²) in [5.74, 6) is -0.311. The monoisotopic (exact) mass is 209 g/mol. The van der Waals surface area contributed by atoms with Crippen LogP contribution in [-0.4, -0.2) is 16.2 Å². The van der Waals surface area contributed by atoms with Gasteiger partial charge < -0.3 is 5.11 Å². The molecule has 0 fully saturated rings. The number of hydrogen-bond donors (Lipinski definition) is 3. The fraction of sp³-hybridized carbons (Fsp3) is 0.364. The second-order valence-electron chi connectivity index (χ2n) is 3.29. The third-order valence-electron chi connectivity index (χ3n) is 2.39. The smallest absolute Gasteiger partial charge is 0.274 e. The molecule has 0 spiro atoms. The van der Waals surface area contributed by atoms with Gasteiger partial charge in [0, 0.05) is 5.56 Å². The van der Waals surface area contributed by atoms with E-state index in [0.29, 0.717) is 29.5 Å². The first-order valence-corrected chi connectivity index (χ1v) is 4.93. The number of nitrogens with one attached hydrogen (secondary N) is 1. The summed E-state index contributed by atoms with van der Waals surface area (Å²) in [4.78, 5) is 11.2. The molecule has 1 aromatic rings. The molecule has 82 valence electrons. The van der Waals surface area contributed by atoms with Crippen molar-refractivity contribution in [2.45, 2.75) is 26.7 Å². The van der Waals surface area contributed by atoms with Gasteiger partial charge >= 0.3 is 0 Å². The fourth-order valence-corrected chi connectivity index (χ4v) is 1.49. The number of hydroxylamine groups is 1. The molecular weight excluding hydrogens is 194 g/mol. The molecule has 0 bridgehead atoms. The number of phenols is 1. The third-order valence-corrected chi connectivity index (χ3v) is 2.39. The van der Waals surface area contributed by atoms with E-state index in [0.717, 1.165) is 0 Å². The van der Waals surface area contributed by atoms with E-state index in [4.69, 9.17) is 5.21 Å². The van der Waals surface area contributed by atoms with Gasteiger partial charge in [0.25, 0.3) is 5.91 Å². The number of amides is 1. The van der Waals surface area contributed by atoms with Crippen molar-refractivity contribution in [2.24, 2.45) is 0 Å². The molecule has 3 N–H and O–H groups in total. The lowest BCUT2D eigenvalue weighted by atomic mass is 10.0. The Bertz CT molecular complexity index is 349. The Balaban J connectivity index is 3.26. The number of benzene rings is 1. The Hall–Kier alpha value is -1.55. The van der Waals surface area contributed by atoms with Gasteiger partial charge in [0.1, 0.15) is 5.75 Å². The molecule has 4 nitrogen and oxygen atoms in total. The van der Waals surface area contributed by atoms with Crippen LogP contribution in [-0.2, 0) is 12.8 Å². The zero-order valence-electron chi connectivity index (χ0n) is 8.87. The molecule has 0 atom stereocenters. The molecule has 1 amide bonds. The lowest BCUT2D eigenvalue weighted by Crippen LogP contribution is -2.19. The van der Waals surface area contributed by atoms with E-state index in [1.54, 1.807) is 17.6 Å². The van der Waals surface area contributed by atoms with Gasteiger partial charge in [0.15, 0.2) is 0 Å². The van der Waals surface area contributed by atoms with E-state index in [2.05, 4.69) is 0 Å². The van der Waals surface area contributed by atoms with Gasteiger partial charge in [-0.05, 0) is 36.1 Å². The van der Waals surface area contributed by atoms with Gasteiger partial charge in [0.05, 0.1) is 0 Å². The molecule has 0 aromatic heterocycles. The minimum absolute atomic E-state index is 0.245. The van der Waals surface area contributed by atoms with E-state index in [1.807, 2.05) is 13.8 Å². The van der Waals surface area contributed by atoms with Crippen LogP contribution in [0.4, 0.5) is 0 Å². The van der Waals surface area contributed by atoms with Crippen molar-refractivity contribution in [1.82, 2.24) is 5.48 Å². The normalized spacial score (nSPS) is 10.1. The van der Waals surface area contributed by atoms with Gasteiger partial charge in [0.2, 0.25) is 0 Å². The highest BCUT2D eigenvalue weighted by Gasteiger charge is 2.11. The molecule has 0 radical (unpaired) electrons. The van der Waals surface area contributed by atoms with Crippen molar-refractivity contribution in [2.75, 3.05) is 0 Å². The van der Waals surface area contributed by atoms with Crippen LogP contribution in [0.2, 0.25) is 0 Å². The third kappa shape index (κ3) is 2.27. The number of carbonyl (C=O) groups excluding carboxylic acids is 1. The van der Waals surface area contributed by atoms with Crippen LogP contribution in [0.15, 0.2) is 12.1 Å². The topological polar surface area (TPSA) is 69.6 Å².